The highest BCUT2D eigenvalue weighted by atomic mass is 19.1. The van der Waals surface area contributed by atoms with Gasteiger partial charge in [-0.1, -0.05) is 18.2 Å². The monoisotopic (exact) mass is 182 g/mol. The fourth-order valence-electron chi connectivity index (χ4n) is 1.10. The molecule has 13 heavy (non-hydrogen) atoms. The van der Waals surface area contributed by atoms with Crippen LogP contribution in [0.1, 0.15) is 18.0 Å². The van der Waals surface area contributed by atoms with Gasteiger partial charge in [0, 0.05) is 18.0 Å². The molecule has 3 nitrogen and oxygen atoms in total. The Morgan fingerprint density at radius 2 is 2.08 bits per heavy atom. The van der Waals surface area contributed by atoms with Crippen molar-refractivity contribution in [2.24, 2.45) is 11.5 Å². The van der Waals surface area contributed by atoms with Gasteiger partial charge >= 0.3 is 0 Å². The van der Waals surface area contributed by atoms with Crippen molar-refractivity contribution in [2.45, 2.75) is 12.5 Å². The summed E-state index contributed by atoms with van der Waals surface area (Å²) < 4.78 is 13.1. The van der Waals surface area contributed by atoms with E-state index < -0.39 is 17.8 Å². The number of benzene rings is 1. The summed E-state index contributed by atoms with van der Waals surface area (Å²) >= 11 is 0. The molecule has 0 radical (unpaired) electrons. The predicted molar refractivity (Wildman–Crippen MR) is 47.1 cm³/mol. The normalized spacial score (nSPS) is 12.5. The van der Waals surface area contributed by atoms with Gasteiger partial charge in [0.2, 0.25) is 5.91 Å². The molecule has 4 N–H and O–H groups in total. The number of halogens is 1. The highest BCUT2D eigenvalue weighted by molar-refractivity contribution is 5.74. The van der Waals surface area contributed by atoms with E-state index in [2.05, 4.69) is 0 Å². The van der Waals surface area contributed by atoms with Gasteiger partial charge in [-0.2, -0.15) is 0 Å². The second-order valence-electron chi connectivity index (χ2n) is 2.80. The molecule has 1 atom stereocenters. The van der Waals surface area contributed by atoms with Crippen LogP contribution in [0, 0.1) is 5.82 Å². The van der Waals surface area contributed by atoms with Crippen LogP contribution in [0.15, 0.2) is 24.3 Å². The van der Waals surface area contributed by atoms with E-state index in [4.69, 9.17) is 11.5 Å². The molecule has 0 aliphatic carbocycles. The summed E-state index contributed by atoms with van der Waals surface area (Å²) in [5, 5.41) is 0. The van der Waals surface area contributed by atoms with Crippen LogP contribution in [0.4, 0.5) is 4.39 Å². The van der Waals surface area contributed by atoms with E-state index in [-0.39, 0.29) is 6.42 Å². The molecule has 1 aromatic carbocycles. The van der Waals surface area contributed by atoms with Gasteiger partial charge in [0.05, 0.1) is 0 Å². The minimum Gasteiger partial charge on any atom is -0.370 e. The number of hydrogen-bond acceptors (Lipinski definition) is 2. The van der Waals surface area contributed by atoms with Crippen molar-refractivity contribution >= 4 is 5.91 Å². The maximum Gasteiger partial charge on any atom is 0.219 e. The summed E-state index contributed by atoms with van der Waals surface area (Å²) in [6, 6.07) is 5.42. The van der Waals surface area contributed by atoms with Crippen LogP contribution in [0.5, 0.6) is 0 Å². The SMILES string of the molecule is NC(=O)C[C@@H](N)c1ccccc1F. The molecular weight excluding hydrogens is 171 g/mol. The summed E-state index contributed by atoms with van der Waals surface area (Å²) in [5.74, 6) is -0.938. The largest absolute Gasteiger partial charge is 0.370 e. The Kier molecular flexibility index (Phi) is 2.97. The van der Waals surface area contributed by atoms with E-state index in [1.54, 1.807) is 18.2 Å². The Morgan fingerprint density at radius 3 is 2.62 bits per heavy atom. The van der Waals surface area contributed by atoms with Gasteiger partial charge in [-0.15, -0.1) is 0 Å². The van der Waals surface area contributed by atoms with Gasteiger partial charge in [0.1, 0.15) is 5.82 Å². The summed E-state index contributed by atoms with van der Waals surface area (Å²) in [6.07, 6.45) is -0.0407. The van der Waals surface area contributed by atoms with E-state index in [1.165, 1.54) is 6.07 Å². The van der Waals surface area contributed by atoms with E-state index in [0.29, 0.717) is 5.56 Å². The topological polar surface area (TPSA) is 69.1 Å². The lowest BCUT2D eigenvalue weighted by Gasteiger charge is -2.09. The average Bonchev–Trinajstić information content (AvgIpc) is 2.03. The molecule has 0 saturated carbocycles. The van der Waals surface area contributed by atoms with Crippen LogP contribution >= 0.6 is 0 Å². The van der Waals surface area contributed by atoms with Crippen molar-refractivity contribution in [3.63, 3.8) is 0 Å². The fourth-order valence-corrected chi connectivity index (χ4v) is 1.10. The molecule has 0 aliphatic heterocycles. The standard InChI is InChI=1S/C9H11FN2O/c10-7-4-2-1-3-6(7)8(11)5-9(12)13/h1-4,8H,5,11H2,(H2,12,13)/t8-/m1/s1. The molecule has 0 unspecified atom stereocenters. The molecule has 70 valence electrons. The molecule has 0 spiro atoms. The Balaban J connectivity index is 2.82. The van der Waals surface area contributed by atoms with Crippen molar-refractivity contribution in [1.82, 2.24) is 0 Å². The first-order valence-electron chi connectivity index (χ1n) is 3.89. The van der Waals surface area contributed by atoms with Crippen LogP contribution in [0.25, 0.3) is 0 Å². The second kappa shape index (κ2) is 4.00. The van der Waals surface area contributed by atoms with Crippen LogP contribution in [-0.2, 0) is 4.79 Å². The maximum atomic E-state index is 13.1. The first-order chi connectivity index (χ1) is 6.11. The van der Waals surface area contributed by atoms with E-state index >= 15 is 0 Å². The van der Waals surface area contributed by atoms with E-state index in [9.17, 15) is 9.18 Å². The fraction of sp³-hybridized carbons (Fsp3) is 0.222. The van der Waals surface area contributed by atoms with Crippen molar-refractivity contribution in [3.05, 3.63) is 35.6 Å². The summed E-state index contributed by atoms with van der Waals surface area (Å²) in [5.41, 5.74) is 10.8. The Hall–Kier alpha value is -1.42. The van der Waals surface area contributed by atoms with E-state index in [0.717, 1.165) is 0 Å². The highest BCUT2D eigenvalue weighted by Gasteiger charge is 2.12. The van der Waals surface area contributed by atoms with Crippen LogP contribution in [-0.4, -0.2) is 5.91 Å². The molecule has 0 fully saturated rings. The van der Waals surface area contributed by atoms with Crippen molar-refractivity contribution in [1.29, 1.82) is 0 Å². The van der Waals surface area contributed by atoms with Gasteiger partial charge in [-0.3, -0.25) is 4.79 Å². The van der Waals surface area contributed by atoms with Gasteiger partial charge in [-0.25, -0.2) is 4.39 Å². The lowest BCUT2D eigenvalue weighted by molar-refractivity contribution is -0.118. The van der Waals surface area contributed by atoms with Gasteiger partial charge in [0.15, 0.2) is 0 Å². The number of rotatable bonds is 3. The van der Waals surface area contributed by atoms with Gasteiger partial charge in [0.25, 0.3) is 0 Å². The first-order valence-corrected chi connectivity index (χ1v) is 3.89. The van der Waals surface area contributed by atoms with Crippen molar-refractivity contribution < 1.29 is 9.18 Å². The molecule has 1 rings (SSSR count). The zero-order valence-corrected chi connectivity index (χ0v) is 7.03. The zero-order valence-electron chi connectivity index (χ0n) is 7.03. The number of carbonyl (C=O) groups is 1. The molecule has 0 aromatic heterocycles. The Bertz CT molecular complexity index is 314. The van der Waals surface area contributed by atoms with Crippen LogP contribution in [0.2, 0.25) is 0 Å². The number of hydrogen-bond donors (Lipinski definition) is 2. The molecule has 1 amide bonds. The van der Waals surface area contributed by atoms with Crippen LogP contribution < -0.4 is 11.5 Å². The van der Waals surface area contributed by atoms with Crippen molar-refractivity contribution in [3.8, 4) is 0 Å². The number of amides is 1. The summed E-state index contributed by atoms with van der Waals surface area (Å²) in [4.78, 5) is 10.5. The quantitative estimate of drug-likeness (QED) is 0.722. The molecule has 1 aromatic rings. The zero-order chi connectivity index (χ0) is 9.84. The molecule has 0 heterocycles. The average molecular weight is 182 g/mol. The number of carbonyl (C=O) groups excluding carboxylic acids is 1. The van der Waals surface area contributed by atoms with Gasteiger partial charge < -0.3 is 11.5 Å². The summed E-state index contributed by atoms with van der Waals surface area (Å²) in [7, 11) is 0. The molecule has 0 bridgehead atoms. The second-order valence-corrected chi connectivity index (χ2v) is 2.80. The maximum absolute atomic E-state index is 13.1. The molecular formula is C9H11FN2O. The van der Waals surface area contributed by atoms with Crippen LogP contribution in [0.3, 0.4) is 0 Å². The smallest absolute Gasteiger partial charge is 0.219 e. The first kappa shape index (κ1) is 9.67. The molecule has 0 saturated heterocycles. The molecule has 0 aliphatic rings. The summed E-state index contributed by atoms with van der Waals surface area (Å²) in [6.45, 7) is 0. The predicted octanol–water partition coefficient (Wildman–Crippen LogP) is 0.701. The number of primary amides is 1. The minimum atomic E-state index is -0.654. The highest BCUT2D eigenvalue weighted by Crippen LogP contribution is 2.16. The Morgan fingerprint density at radius 1 is 1.46 bits per heavy atom. The third-order valence-corrected chi connectivity index (χ3v) is 1.73. The van der Waals surface area contributed by atoms with Gasteiger partial charge in [-0.05, 0) is 6.07 Å². The minimum absolute atomic E-state index is 0.0407. The van der Waals surface area contributed by atoms with E-state index in [1.807, 2.05) is 0 Å². The number of nitrogens with two attached hydrogens (primary N) is 2. The third kappa shape index (κ3) is 2.52. The lowest BCUT2D eigenvalue weighted by atomic mass is 10.0. The lowest BCUT2D eigenvalue weighted by Crippen LogP contribution is -2.21. The van der Waals surface area contributed by atoms with Crippen molar-refractivity contribution in [2.75, 3.05) is 0 Å². The Labute approximate surface area is 75.5 Å². The third-order valence-electron chi connectivity index (χ3n) is 1.73. The molecule has 4 heteroatoms.